The average molecular weight is 269 g/mol. The van der Waals surface area contributed by atoms with Gasteiger partial charge >= 0.3 is 0 Å². The molecule has 0 aromatic carbocycles. The molecule has 19 heavy (non-hydrogen) atoms. The van der Waals surface area contributed by atoms with Gasteiger partial charge in [0, 0.05) is 45.9 Å². The van der Waals surface area contributed by atoms with Crippen molar-refractivity contribution in [1.82, 2.24) is 9.80 Å². The molecule has 0 bridgehead atoms. The minimum atomic E-state index is -0.0312. The predicted molar refractivity (Wildman–Crippen MR) is 79.3 cm³/mol. The Labute approximate surface area is 118 Å². The predicted octanol–water partition coefficient (Wildman–Crippen LogP) is 1.30. The van der Waals surface area contributed by atoms with Crippen molar-refractivity contribution >= 4 is 0 Å². The van der Waals surface area contributed by atoms with E-state index in [1.54, 1.807) is 7.11 Å². The van der Waals surface area contributed by atoms with Crippen LogP contribution in [0, 0.1) is 0 Å². The van der Waals surface area contributed by atoms with Crippen molar-refractivity contribution in [2.45, 2.75) is 57.2 Å². The molecule has 4 heteroatoms. The summed E-state index contributed by atoms with van der Waals surface area (Å²) in [4.78, 5) is 5.23. The van der Waals surface area contributed by atoms with Crippen LogP contribution in [-0.4, -0.2) is 67.3 Å². The fraction of sp³-hybridized carbons (Fsp3) is 1.00. The molecule has 1 saturated carbocycles. The summed E-state index contributed by atoms with van der Waals surface area (Å²) in [5.74, 6) is 0. The molecule has 1 saturated heterocycles. The van der Waals surface area contributed by atoms with Crippen LogP contribution in [-0.2, 0) is 4.74 Å². The molecule has 2 atom stereocenters. The molecule has 2 N–H and O–H groups in total. The van der Waals surface area contributed by atoms with Crippen LogP contribution >= 0.6 is 0 Å². The van der Waals surface area contributed by atoms with Crippen molar-refractivity contribution in [2.24, 2.45) is 5.73 Å². The number of nitrogens with zero attached hydrogens (tertiary/aromatic N) is 2. The van der Waals surface area contributed by atoms with Crippen LogP contribution in [0.5, 0.6) is 0 Å². The summed E-state index contributed by atoms with van der Waals surface area (Å²) < 4.78 is 5.55. The Morgan fingerprint density at radius 3 is 2.26 bits per heavy atom. The minimum Gasteiger partial charge on any atom is -0.380 e. The second-order valence-corrected chi connectivity index (χ2v) is 6.40. The van der Waals surface area contributed by atoms with Gasteiger partial charge in [-0.25, -0.2) is 0 Å². The third-order valence-electron chi connectivity index (χ3n) is 5.52. The van der Waals surface area contributed by atoms with Gasteiger partial charge in [-0.15, -0.1) is 0 Å². The maximum atomic E-state index is 6.04. The number of piperazine rings is 1. The molecule has 1 heterocycles. The largest absolute Gasteiger partial charge is 0.380 e. The first-order chi connectivity index (χ1) is 9.11. The van der Waals surface area contributed by atoms with E-state index >= 15 is 0 Å². The number of ether oxygens (including phenoxy) is 1. The van der Waals surface area contributed by atoms with E-state index < -0.39 is 0 Å². The van der Waals surface area contributed by atoms with Gasteiger partial charge in [-0.2, -0.15) is 0 Å². The molecule has 0 spiro atoms. The Kier molecular flexibility index (Phi) is 5.23. The van der Waals surface area contributed by atoms with Gasteiger partial charge in [0.1, 0.15) is 0 Å². The molecule has 4 nitrogen and oxygen atoms in total. The van der Waals surface area contributed by atoms with Gasteiger partial charge in [-0.05, 0) is 26.7 Å². The quantitative estimate of drug-likeness (QED) is 0.817. The molecule has 1 aliphatic heterocycles. The Morgan fingerprint density at radius 1 is 1.21 bits per heavy atom. The highest BCUT2D eigenvalue weighted by Gasteiger charge is 2.39. The van der Waals surface area contributed by atoms with Crippen molar-refractivity contribution in [3.05, 3.63) is 0 Å². The van der Waals surface area contributed by atoms with Gasteiger partial charge < -0.3 is 10.5 Å². The van der Waals surface area contributed by atoms with Crippen LogP contribution in [0.4, 0.5) is 0 Å². The summed E-state index contributed by atoms with van der Waals surface area (Å²) in [6.45, 7) is 9.66. The molecule has 0 amide bonds. The van der Waals surface area contributed by atoms with Crippen molar-refractivity contribution in [1.29, 1.82) is 0 Å². The summed E-state index contributed by atoms with van der Waals surface area (Å²) in [7, 11) is 1.79. The van der Waals surface area contributed by atoms with Crippen molar-refractivity contribution in [2.75, 3.05) is 39.8 Å². The van der Waals surface area contributed by atoms with Gasteiger partial charge in [-0.3, -0.25) is 9.80 Å². The van der Waals surface area contributed by atoms with E-state index in [-0.39, 0.29) is 11.6 Å². The van der Waals surface area contributed by atoms with E-state index in [1.807, 2.05) is 0 Å². The Hall–Kier alpha value is -0.160. The second kappa shape index (κ2) is 6.53. The van der Waals surface area contributed by atoms with Crippen molar-refractivity contribution in [3.63, 3.8) is 0 Å². The summed E-state index contributed by atoms with van der Waals surface area (Å²) in [5, 5.41) is 0. The first-order valence-corrected chi connectivity index (χ1v) is 7.83. The van der Waals surface area contributed by atoms with E-state index in [9.17, 15) is 0 Å². The van der Waals surface area contributed by atoms with E-state index in [0.29, 0.717) is 6.54 Å². The third kappa shape index (κ3) is 3.13. The lowest BCUT2D eigenvalue weighted by Crippen LogP contribution is -2.64. The molecule has 0 aromatic rings. The summed E-state index contributed by atoms with van der Waals surface area (Å²) in [6.07, 6.45) is 5.83. The molecular weight excluding hydrogens is 238 g/mol. The molecule has 2 aliphatic rings. The standard InChI is InChI=1S/C15H31N3O/c1-13(19-3)15(2,12-16)18-10-8-17(9-11-18)14-6-4-5-7-14/h13-14H,4-12,16H2,1-3H3. The van der Waals surface area contributed by atoms with Crippen molar-refractivity contribution in [3.8, 4) is 0 Å². The van der Waals surface area contributed by atoms with E-state index in [4.69, 9.17) is 10.5 Å². The van der Waals surface area contributed by atoms with E-state index in [0.717, 1.165) is 19.1 Å². The van der Waals surface area contributed by atoms with Gasteiger partial charge in [0.2, 0.25) is 0 Å². The maximum Gasteiger partial charge on any atom is 0.0736 e. The average Bonchev–Trinajstić information content (AvgIpc) is 3.00. The minimum absolute atomic E-state index is 0.0312. The number of methoxy groups -OCH3 is 1. The van der Waals surface area contributed by atoms with Gasteiger partial charge in [0.15, 0.2) is 0 Å². The molecule has 0 radical (unpaired) electrons. The van der Waals surface area contributed by atoms with Crippen LogP contribution in [0.25, 0.3) is 0 Å². The number of hydrogen-bond donors (Lipinski definition) is 1. The summed E-state index contributed by atoms with van der Waals surface area (Å²) in [5.41, 5.74) is 6.00. The lowest BCUT2D eigenvalue weighted by atomic mass is 9.92. The van der Waals surface area contributed by atoms with Crippen LogP contribution in [0.2, 0.25) is 0 Å². The van der Waals surface area contributed by atoms with Crippen LogP contribution in [0.15, 0.2) is 0 Å². The molecular formula is C15H31N3O. The van der Waals surface area contributed by atoms with E-state index in [2.05, 4.69) is 23.6 Å². The van der Waals surface area contributed by atoms with E-state index in [1.165, 1.54) is 38.8 Å². The lowest BCUT2D eigenvalue weighted by molar-refractivity contribution is -0.0536. The normalized spacial score (nSPS) is 28.4. The van der Waals surface area contributed by atoms with Crippen LogP contribution in [0.3, 0.4) is 0 Å². The monoisotopic (exact) mass is 269 g/mol. The number of hydrogen-bond acceptors (Lipinski definition) is 4. The van der Waals surface area contributed by atoms with Gasteiger partial charge in [-0.1, -0.05) is 12.8 Å². The Balaban J connectivity index is 1.90. The number of rotatable bonds is 5. The zero-order valence-electron chi connectivity index (χ0n) is 12.9. The highest BCUT2D eigenvalue weighted by atomic mass is 16.5. The van der Waals surface area contributed by atoms with Crippen LogP contribution in [0.1, 0.15) is 39.5 Å². The topological polar surface area (TPSA) is 41.7 Å². The zero-order chi connectivity index (χ0) is 13.9. The third-order valence-corrected chi connectivity index (χ3v) is 5.52. The summed E-state index contributed by atoms with van der Waals surface area (Å²) >= 11 is 0. The summed E-state index contributed by atoms with van der Waals surface area (Å²) in [6, 6.07) is 0.853. The van der Waals surface area contributed by atoms with Gasteiger partial charge in [0.05, 0.1) is 11.6 Å². The molecule has 1 aliphatic carbocycles. The second-order valence-electron chi connectivity index (χ2n) is 6.40. The molecule has 112 valence electrons. The molecule has 2 fully saturated rings. The highest BCUT2D eigenvalue weighted by Crippen LogP contribution is 2.27. The fourth-order valence-corrected chi connectivity index (χ4v) is 3.67. The molecule has 2 rings (SSSR count). The SMILES string of the molecule is COC(C)C(C)(CN)N1CCN(C2CCCC2)CC1. The van der Waals surface area contributed by atoms with Crippen LogP contribution < -0.4 is 5.73 Å². The molecule has 0 aromatic heterocycles. The zero-order valence-corrected chi connectivity index (χ0v) is 12.9. The molecule has 2 unspecified atom stereocenters. The van der Waals surface area contributed by atoms with Crippen molar-refractivity contribution < 1.29 is 4.74 Å². The van der Waals surface area contributed by atoms with Gasteiger partial charge in [0.25, 0.3) is 0 Å². The first-order valence-electron chi connectivity index (χ1n) is 7.83. The Bertz CT molecular complexity index is 273. The maximum absolute atomic E-state index is 6.04. The first kappa shape index (κ1) is 15.2. The number of nitrogens with two attached hydrogens (primary N) is 1. The Morgan fingerprint density at radius 2 is 1.79 bits per heavy atom. The highest BCUT2D eigenvalue weighted by molar-refractivity contribution is 4.96. The smallest absolute Gasteiger partial charge is 0.0736 e. The lowest BCUT2D eigenvalue weighted by Gasteiger charge is -2.48. The fourth-order valence-electron chi connectivity index (χ4n) is 3.67.